The standard InChI is InChI=1S/C16H21N3OS/c1-12-15(16(20)18-10-6-9-17-2)21-14(19-12)11-13-7-4-3-5-8-13/h3-5,7-8,17H,6,9-11H2,1-2H3,(H,18,20). The summed E-state index contributed by atoms with van der Waals surface area (Å²) in [5.41, 5.74) is 2.03. The van der Waals surface area contributed by atoms with Crippen LogP contribution in [0.1, 0.15) is 32.4 Å². The van der Waals surface area contributed by atoms with Crippen molar-refractivity contribution in [1.82, 2.24) is 15.6 Å². The van der Waals surface area contributed by atoms with E-state index in [-0.39, 0.29) is 5.91 Å². The van der Waals surface area contributed by atoms with Gasteiger partial charge in [-0.05, 0) is 32.5 Å². The van der Waals surface area contributed by atoms with E-state index < -0.39 is 0 Å². The van der Waals surface area contributed by atoms with E-state index in [0.29, 0.717) is 6.54 Å². The molecule has 0 saturated heterocycles. The van der Waals surface area contributed by atoms with Gasteiger partial charge in [-0.2, -0.15) is 0 Å². The largest absolute Gasteiger partial charge is 0.351 e. The number of aromatic nitrogens is 1. The quantitative estimate of drug-likeness (QED) is 0.772. The molecule has 0 radical (unpaired) electrons. The third-order valence-electron chi connectivity index (χ3n) is 3.13. The zero-order valence-electron chi connectivity index (χ0n) is 12.5. The van der Waals surface area contributed by atoms with Crippen molar-refractivity contribution in [3.8, 4) is 0 Å². The maximum absolute atomic E-state index is 12.1. The Hall–Kier alpha value is -1.72. The minimum absolute atomic E-state index is 0.0135. The molecule has 4 nitrogen and oxygen atoms in total. The Bertz CT molecular complexity index is 580. The highest BCUT2D eigenvalue weighted by molar-refractivity contribution is 7.13. The highest BCUT2D eigenvalue weighted by Gasteiger charge is 2.14. The first-order chi connectivity index (χ1) is 10.2. The van der Waals surface area contributed by atoms with E-state index in [9.17, 15) is 4.79 Å². The van der Waals surface area contributed by atoms with Crippen molar-refractivity contribution in [1.29, 1.82) is 0 Å². The number of carbonyl (C=O) groups is 1. The number of hydrogen-bond acceptors (Lipinski definition) is 4. The average Bonchev–Trinajstić information content (AvgIpc) is 2.85. The lowest BCUT2D eigenvalue weighted by atomic mass is 10.2. The first-order valence-corrected chi connectivity index (χ1v) is 7.95. The van der Waals surface area contributed by atoms with Crippen LogP contribution in [0.15, 0.2) is 30.3 Å². The second-order valence-electron chi connectivity index (χ2n) is 4.90. The summed E-state index contributed by atoms with van der Waals surface area (Å²) in [5, 5.41) is 6.99. The maximum atomic E-state index is 12.1. The number of aryl methyl sites for hydroxylation is 1. The summed E-state index contributed by atoms with van der Waals surface area (Å²) >= 11 is 1.49. The van der Waals surface area contributed by atoms with Gasteiger partial charge in [0, 0.05) is 13.0 Å². The molecule has 1 aromatic carbocycles. The fourth-order valence-electron chi connectivity index (χ4n) is 2.06. The average molecular weight is 303 g/mol. The minimum Gasteiger partial charge on any atom is -0.351 e. The van der Waals surface area contributed by atoms with Crippen LogP contribution in [0.2, 0.25) is 0 Å². The molecule has 2 aromatic rings. The van der Waals surface area contributed by atoms with Crippen molar-refractivity contribution in [2.24, 2.45) is 0 Å². The van der Waals surface area contributed by atoms with Crippen molar-refractivity contribution >= 4 is 17.2 Å². The number of amides is 1. The van der Waals surface area contributed by atoms with E-state index in [1.54, 1.807) is 0 Å². The zero-order valence-corrected chi connectivity index (χ0v) is 13.3. The molecule has 0 aliphatic rings. The van der Waals surface area contributed by atoms with Gasteiger partial charge in [0.15, 0.2) is 0 Å². The van der Waals surface area contributed by atoms with Crippen LogP contribution < -0.4 is 10.6 Å². The van der Waals surface area contributed by atoms with Crippen LogP contribution in [0.3, 0.4) is 0 Å². The highest BCUT2D eigenvalue weighted by atomic mass is 32.1. The SMILES string of the molecule is CNCCCNC(=O)c1sc(Cc2ccccc2)nc1C. The molecule has 0 aliphatic heterocycles. The van der Waals surface area contributed by atoms with Crippen LogP contribution in [0.25, 0.3) is 0 Å². The molecule has 0 atom stereocenters. The van der Waals surface area contributed by atoms with Gasteiger partial charge in [-0.1, -0.05) is 30.3 Å². The summed E-state index contributed by atoms with van der Waals surface area (Å²) in [5.74, 6) is -0.0135. The molecule has 0 aliphatic carbocycles. The first kappa shape index (κ1) is 15.7. The predicted molar refractivity (Wildman–Crippen MR) is 87.0 cm³/mol. The summed E-state index contributed by atoms with van der Waals surface area (Å²) in [6.45, 7) is 3.49. The van der Waals surface area contributed by atoms with Gasteiger partial charge in [-0.25, -0.2) is 4.98 Å². The number of benzene rings is 1. The van der Waals surface area contributed by atoms with Gasteiger partial charge in [0.25, 0.3) is 5.91 Å². The summed E-state index contributed by atoms with van der Waals surface area (Å²) in [6.07, 6.45) is 1.70. The topological polar surface area (TPSA) is 54.0 Å². The molecule has 0 bridgehead atoms. The van der Waals surface area contributed by atoms with E-state index >= 15 is 0 Å². The predicted octanol–water partition coefficient (Wildman–Crippen LogP) is 2.38. The molecule has 2 N–H and O–H groups in total. The number of thiazole rings is 1. The number of carbonyl (C=O) groups excluding carboxylic acids is 1. The van der Waals surface area contributed by atoms with Crippen molar-refractivity contribution in [3.63, 3.8) is 0 Å². The fourth-order valence-corrected chi connectivity index (χ4v) is 3.07. The van der Waals surface area contributed by atoms with Crippen molar-refractivity contribution in [2.45, 2.75) is 19.8 Å². The molecule has 0 spiro atoms. The van der Waals surface area contributed by atoms with Gasteiger partial charge >= 0.3 is 0 Å². The van der Waals surface area contributed by atoms with Crippen molar-refractivity contribution in [3.05, 3.63) is 51.5 Å². The van der Waals surface area contributed by atoms with Crippen LogP contribution in [-0.2, 0) is 6.42 Å². The molecular weight excluding hydrogens is 282 g/mol. The van der Waals surface area contributed by atoms with Crippen LogP contribution in [-0.4, -0.2) is 31.0 Å². The van der Waals surface area contributed by atoms with Crippen molar-refractivity contribution in [2.75, 3.05) is 20.1 Å². The van der Waals surface area contributed by atoms with E-state index in [1.807, 2.05) is 32.2 Å². The fraction of sp³-hybridized carbons (Fsp3) is 0.375. The van der Waals surface area contributed by atoms with Gasteiger partial charge < -0.3 is 10.6 Å². The lowest BCUT2D eigenvalue weighted by molar-refractivity contribution is 0.0956. The van der Waals surface area contributed by atoms with Gasteiger partial charge in [0.2, 0.25) is 0 Å². The van der Waals surface area contributed by atoms with E-state index in [4.69, 9.17) is 0 Å². The molecule has 0 unspecified atom stereocenters. The van der Waals surface area contributed by atoms with E-state index in [2.05, 4.69) is 27.8 Å². The molecule has 1 amide bonds. The monoisotopic (exact) mass is 303 g/mol. The second kappa shape index (κ2) is 7.90. The summed E-state index contributed by atoms with van der Waals surface area (Å²) in [4.78, 5) is 17.4. The summed E-state index contributed by atoms with van der Waals surface area (Å²) in [7, 11) is 1.91. The highest BCUT2D eigenvalue weighted by Crippen LogP contribution is 2.20. The number of rotatable bonds is 7. The van der Waals surface area contributed by atoms with Crippen LogP contribution in [0, 0.1) is 6.92 Å². The van der Waals surface area contributed by atoms with Gasteiger partial charge in [0.05, 0.1) is 10.7 Å². The Labute approximate surface area is 129 Å². The van der Waals surface area contributed by atoms with Crippen LogP contribution in [0.4, 0.5) is 0 Å². The molecule has 0 fully saturated rings. The van der Waals surface area contributed by atoms with Crippen LogP contribution in [0.5, 0.6) is 0 Å². The lowest BCUT2D eigenvalue weighted by Crippen LogP contribution is -2.26. The molecule has 21 heavy (non-hydrogen) atoms. The minimum atomic E-state index is -0.0135. The van der Waals surface area contributed by atoms with Gasteiger partial charge in [-0.3, -0.25) is 4.79 Å². The van der Waals surface area contributed by atoms with Gasteiger partial charge in [-0.15, -0.1) is 11.3 Å². The molecular formula is C16H21N3OS. The van der Waals surface area contributed by atoms with Gasteiger partial charge in [0.1, 0.15) is 4.88 Å². The Morgan fingerprint density at radius 2 is 2.00 bits per heavy atom. The zero-order chi connectivity index (χ0) is 15.1. The Morgan fingerprint density at radius 1 is 1.24 bits per heavy atom. The Morgan fingerprint density at radius 3 is 2.71 bits per heavy atom. The first-order valence-electron chi connectivity index (χ1n) is 7.13. The molecule has 1 aromatic heterocycles. The van der Waals surface area contributed by atoms with E-state index in [0.717, 1.165) is 35.0 Å². The normalized spacial score (nSPS) is 10.6. The van der Waals surface area contributed by atoms with Crippen molar-refractivity contribution < 1.29 is 4.79 Å². The van der Waals surface area contributed by atoms with Crippen LogP contribution >= 0.6 is 11.3 Å². The smallest absolute Gasteiger partial charge is 0.263 e. The molecule has 2 rings (SSSR count). The molecule has 0 saturated carbocycles. The van der Waals surface area contributed by atoms with E-state index in [1.165, 1.54) is 16.9 Å². The second-order valence-corrected chi connectivity index (χ2v) is 5.98. The number of hydrogen-bond donors (Lipinski definition) is 2. The third-order valence-corrected chi connectivity index (χ3v) is 4.29. The molecule has 112 valence electrons. The third kappa shape index (κ3) is 4.65. The Balaban J connectivity index is 1.97. The lowest BCUT2D eigenvalue weighted by Gasteiger charge is -2.03. The molecule has 5 heteroatoms. The number of nitrogens with one attached hydrogen (secondary N) is 2. The molecule has 1 heterocycles. The summed E-state index contributed by atoms with van der Waals surface area (Å²) in [6, 6.07) is 10.2. The number of nitrogens with zero attached hydrogens (tertiary/aromatic N) is 1. The summed E-state index contributed by atoms with van der Waals surface area (Å²) < 4.78 is 0. The Kier molecular flexibility index (Phi) is 5.90. The maximum Gasteiger partial charge on any atom is 0.263 e.